The third-order valence-corrected chi connectivity index (χ3v) is 5.67. The first kappa shape index (κ1) is 22.0. The van der Waals surface area contributed by atoms with Gasteiger partial charge in [0.05, 0.1) is 16.8 Å². The second kappa shape index (κ2) is 9.41. The summed E-state index contributed by atoms with van der Waals surface area (Å²) in [7, 11) is 0. The molecule has 2 aromatic carbocycles. The summed E-state index contributed by atoms with van der Waals surface area (Å²) in [5, 5.41) is 2.93. The minimum Gasteiger partial charge on any atom is -0.351 e. The van der Waals surface area contributed by atoms with Gasteiger partial charge in [0.25, 0.3) is 17.7 Å². The van der Waals surface area contributed by atoms with Crippen LogP contribution in [0.2, 0.25) is 0 Å². The van der Waals surface area contributed by atoms with Crippen LogP contribution < -0.4 is 10.2 Å². The highest BCUT2D eigenvalue weighted by molar-refractivity contribution is 6.35. The smallest absolute Gasteiger partial charge is 0.266 e. The van der Waals surface area contributed by atoms with E-state index in [1.165, 1.54) is 30.2 Å². The van der Waals surface area contributed by atoms with Gasteiger partial charge in [-0.05, 0) is 62.7 Å². The van der Waals surface area contributed by atoms with Crippen molar-refractivity contribution >= 4 is 35.8 Å². The number of aryl methyl sites for hydroxylation is 1. The number of amides is 3. The Morgan fingerprint density at radius 1 is 0.967 bits per heavy atom. The van der Waals surface area contributed by atoms with Crippen molar-refractivity contribution < 1.29 is 14.4 Å². The van der Waals surface area contributed by atoms with Crippen molar-refractivity contribution in [2.45, 2.75) is 26.2 Å². The fourth-order valence-electron chi connectivity index (χ4n) is 4.03. The Morgan fingerprint density at radius 2 is 1.67 bits per heavy atom. The second-order valence-corrected chi connectivity index (χ2v) is 7.65. The third-order valence-electron chi connectivity index (χ3n) is 5.67. The Morgan fingerprint density at radius 3 is 2.40 bits per heavy atom. The zero-order valence-corrected chi connectivity index (χ0v) is 17.8. The van der Waals surface area contributed by atoms with E-state index in [0.717, 1.165) is 25.2 Å². The van der Waals surface area contributed by atoms with E-state index in [1.807, 2.05) is 19.1 Å². The molecule has 0 aliphatic carbocycles. The number of nitrogens with one attached hydrogen (secondary N) is 1. The summed E-state index contributed by atoms with van der Waals surface area (Å²) in [6.45, 7) is 5.42. The Labute approximate surface area is 182 Å². The van der Waals surface area contributed by atoms with Gasteiger partial charge >= 0.3 is 0 Å². The van der Waals surface area contributed by atoms with Crippen LogP contribution in [0.3, 0.4) is 0 Å². The number of hydrogen-bond acceptors (Lipinski definition) is 4. The van der Waals surface area contributed by atoms with Gasteiger partial charge in [-0.3, -0.25) is 14.4 Å². The number of para-hydroxylation sites is 1. The van der Waals surface area contributed by atoms with Crippen LogP contribution in [0, 0.1) is 6.92 Å². The lowest BCUT2D eigenvalue weighted by atomic mass is 10.1. The number of carbonyl (C=O) groups is 3. The molecule has 2 heterocycles. The number of fused-ring (bicyclic) bond motifs is 1. The van der Waals surface area contributed by atoms with Crippen LogP contribution >= 0.6 is 12.4 Å². The SMILES string of the molecule is Cc1ccccc1N1C(=O)c2ccc(C(=O)NCCN3CCCCC3)cc2C1=O.Cl. The van der Waals surface area contributed by atoms with Crippen molar-refractivity contribution in [1.29, 1.82) is 0 Å². The number of nitrogens with zero attached hydrogens (tertiary/aromatic N) is 2. The quantitative estimate of drug-likeness (QED) is 0.742. The van der Waals surface area contributed by atoms with Crippen molar-refractivity contribution in [2.75, 3.05) is 31.1 Å². The van der Waals surface area contributed by atoms with Gasteiger partial charge in [0.1, 0.15) is 0 Å². The van der Waals surface area contributed by atoms with Crippen LogP contribution in [-0.4, -0.2) is 48.8 Å². The van der Waals surface area contributed by atoms with Gasteiger partial charge in [-0.25, -0.2) is 4.90 Å². The molecule has 1 fully saturated rings. The number of benzene rings is 2. The zero-order valence-electron chi connectivity index (χ0n) is 17.0. The maximum absolute atomic E-state index is 12.9. The van der Waals surface area contributed by atoms with Gasteiger partial charge in [-0.2, -0.15) is 0 Å². The topological polar surface area (TPSA) is 69.7 Å². The van der Waals surface area contributed by atoms with Crippen LogP contribution in [0.25, 0.3) is 0 Å². The molecular formula is C23H26ClN3O3. The number of piperidine rings is 1. The lowest BCUT2D eigenvalue weighted by Gasteiger charge is -2.26. The molecule has 0 spiro atoms. The number of imide groups is 1. The highest BCUT2D eigenvalue weighted by Gasteiger charge is 2.37. The lowest BCUT2D eigenvalue weighted by Crippen LogP contribution is -2.37. The van der Waals surface area contributed by atoms with Crippen molar-refractivity contribution in [3.05, 3.63) is 64.7 Å². The molecule has 0 unspecified atom stereocenters. The summed E-state index contributed by atoms with van der Waals surface area (Å²) in [5.41, 5.74) is 2.43. The van der Waals surface area contributed by atoms with Gasteiger partial charge in [0.2, 0.25) is 0 Å². The molecule has 1 N–H and O–H groups in total. The highest BCUT2D eigenvalue weighted by Crippen LogP contribution is 2.30. The molecule has 1 saturated heterocycles. The standard InChI is InChI=1S/C23H25N3O3.ClH/c1-16-7-3-4-8-20(16)26-22(28)18-10-9-17(15-19(18)23(26)29)21(27)24-11-14-25-12-5-2-6-13-25;/h3-4,7-10,15H,2,5-6,11-14H2,1H3,(H,24,27);1H. The molecular weight excluding hydrogens is 402 g/mol. The normalized spacial score (nSPS) is 16.2. The van der Waals surface area contributed by atoms with Crippen molar-refractivity contribution in [2.24, 2.45) is 0 Å². The van der Waals surface area contributed by atoms with E-state index >= 15 is 0 Å². The van der Waals surface area contributed by atoms with Gasteiger partial charge in [-0.1, -0.05) is 24.6 Å². The first-order valence-corrected chi connectivity index (χ1v) is 10.2. The third kappa shape index (κ3) is 4.25. The molecule has 0 aromatic heterocycles. The number of carbonyl (C=O) groups excluding carboxylic acids is 3. The first-order chi connectivity index (χ1) is 14.1. The van der Waals surface area contributed by atoms with Crippen LogP contribution in [0.15, 0.2) is 42.5 Å². The second-order valence-electron chi connectivity index (χ2n) is 7.65. The van der Waals surface area contributed by atoms with Crippen LogP contribution in [0.5, 0.6) is 0 Å². The summed E-state index contributed by atoms with van der Waals surface area (Å²) in [5.74, 6) is -0.960. The molecule has 0 radical (unpaired) electrons. The molecule has 6 nitrogen and oxygen atoms in total. The fraction of sp³-hybridized carbons (Fsp3) is 0.348. The summed E-state index contributed by atoms with van der Waals surface area (Å²) in [4.78, 5) is 41.8. The van der Waals surface area contributed by atoms with E-state index in [4.69, 9.17) is 0 Å². The molecule has 158 valence electrons. The summed E-state index contributed by atoms with van der Waals surface area (Å²) in [6, 6.07) is 12.0. The number of hydrogen-bond donors (Lipinski definition) is 1. The predicted molar refractivity (Wildman–Crippen MR) is 119 cm³/mol. The Bertz CT molecular complexity index is 970. The van der Waals surface area contributed by atoms with Crippen molar-refractivity contribution in [3.63, 3.8) is 0 Å². The van der Waals surface area contributed by atoms with Crippen molar-refractivity contribution in [3.8, 4) is 0 Å². The summed E-state index contributed by atoms with van der Waals surface area (Å²) >= 11 is 0. The van der Waals surface area contributed by atoms with E-state index in [0.29, 0.717) is 23.4 Å². The zero-order chi connectivity index (χ0) is 20.4. The molecule has 4 rings (SSSR count). The number of rotatable bonds is 5. The number of likely N-dealkylation sites (tertiary alicyclic amines) is 1. The Hall–Kier alpha value is -2.70. The molecule has 0 bridgehead atoms. The largest absolute Gasteiger partial charge is 0.351 e. The Kier molecular flexibility index (Phi) is 6.90. The molecule has 2 aliphatic rings. The summed E-state index contributed by atoms with van der Waals surface area (Å²) < 4.78 is 0. The molecule has 7 heteroatoms. The van der Waals surface area contributed by atoms with Gasteiger partial charge in [-0.15, -0.1) is 12.4 Å². The first-order valence-electron chi connectivity index (χ1n) is 10.2. The molecule has 30 heavy (non-hydrogen) atoms. The van der Waals surface area contributed by atoms with E-state index < -0.39 is 0 Å². The number of halogens is 1. The fourth-order valence-corrected chi connectivity index (χ4v) is 4.03. The highest BCUT2D eigenvalue weighted by atomic mass is 35.5. The van der Waals surface area contributed by atoms with Crippen LogP contribution in [0.4, 0.5) is 5.69 Å². The Balaban J connectivity index is 0.00000256. The average Bonchev–Trinajstić information content (AvgIpc) is 2.99. The molecule has 0 saturated carbocycles. The molecule has 0 atom stereocenters. The van der Waals surface area contributed by atoms with E-state index in [-0.39, 0.29) is 35.7 Å². The van der Waals surface area contributed by atoms with Gasteiger partial charge < -0.3 is 10.2 Å². The summed E-state index contributed by atoms with van der Waals surface area (Å²) in [6.07, 6.45) is 3.71. The van der Waals surface area contributed by atoms with Gasteiger partial charge in [0, 0.05) is 18.7 Å². The monoisotopic (exact) mass is 427 g/mol. The average molecular weight is 428 g/mol. The number of anilines is 1. The minimum absolute atomic E-state index is 0. The molecule has 2 aliphatic heterocycles. The van der Waals surface area contributed by atoms with Crippen LogP contribution in [-0.2, 0) is 0 Å². The maximum atomic E-state index is 12.9. The van der Waals surface area contributed by atoms with E-state index in [9.17, 15) is 14.4 Å². The van der Waals surface area contributed by atoms with Crippen molar-refractivity contribution in [1.82, 2.24) is 10.2 Å². The lowest BCUT2D eigenvalue weighted by molar-refractivity contribution is 0.0922. The molecule has 2 aromatic rings. The minimum atomic E-state index is -0.387. The predicted octanol–water partition coefficient (Wildman–Crippen LogP) is 3.43. The van der Waals surface area contributed by atoms with Gasteiger partial charge in [0.15, 0.2) is 0 Å². The van der Waals surface area contributed by atoms with E-state index in [1.54, 1.807) is 24.3 Å². The maximum Gasteiger partial charge on any atom is 0.266 e. The molecule has 3 amide bonds. The van der Waals surface area contributed by atoms with E-state index in [2.05, 4.69) is 10.2 Å². The van der Waals surface area contributed by atoms with Crippen LogP contribution in [0.1, 0.15) is 55.9 Å².